The molecule has 3 nitrogen and oxygen atoms in total. The zero-order chi connectivity index (χ0) is 15.0. The molecule has 0 amide bonds. The topological polar surface area (TPSA) is 24.5 Å². The molecule has 0 heterocycles. The highest BCUT2D eigenvalue weighted by Crippen LogP contribution is 2.34. The highest BCUT2D eigenvalue weighted by Gasteiger charge is 2.31. The van der Waals surface area contributed by atoms with Crippen LogP contribution >= 0.6 is 0 Å². The Kier molecular flexibility index (Phi) is 8.74. The summed E-state index contributed by atoms with van der Waals surface area (Å²) in [6.07, 6.45) is 5.37. The fraction of sp³-hybridized carbons (Fsp3) is 1.00. The second-order valence-corrected chi connectivity index (χ2v) is 6.89. The molecule has 120 valence electrons. The monoisotopic (exact) mass is 284 g/mol. The van der Waals surface area contributed by atoms with Gasteiger partial charge in [0.2, 0.25) is 0 Å². The first-order chi connectivity index (χ1) is 9.58. The van der Waals surface area contributed by atoms with Crippen LogP contribution in [-0.2, 0) is 4.74 Å². The fourth-order valence-electron chi connectivity index (χ4n) is 3.44. The third kappa shape index (κ3) is 6.11. The number of hydrogen-bond acceptors (Lipinski definition) is 3. The van der Waals surface area contributed by atoms with Crippen LogP contribution in [0.4, 0.5) is 0 Å². The number of hydrogen-bond donors (Lipinski definition) is 1. The van der Waals surface area contributed by atoms with Crippen LogP contribution in [0.1, 0.15) is 46.5 Å². The maximum atomic E-state index is 5.20. The Morgan fingerprint density at radius 3 is 2.65 bits per heavy atom. The van der Waals surface area contributed by atoms with Crippen LogP contribution in [0.5, 0.6) is 0 Å². The van der Waals surface area contributed by atoms with Crippen molar-refractivity contribution in [2.45, 2.75) is 52.5 Å². The van der Waals surface area contributed by atoms with E-state index in [1.54, 1.807) is 7.11 Å². The average molecular weight is 284 g/mol. The van der Waals surface area contributed by atoms with E-state index in [0.717, 1.165) is 43.5 Å². The second kappa shape index (κ2) is 9.75. The molecule has 3 heteroatoms. The summed E-state index contributed by atoms with van der Waals surface area (Å²) in [6.45, 7) is 11.3. The van der Waals surface area contributed by atoms with Crippen LogP contribution < -0.4 is 5.32 Å². The van der Waals surface area contributed by atoms with Gasteiger partial charge < -0.3 is 15.0 Å². The van der Waals surface area contributed by atoms with E-state index in [0.29, 0.717) is 0 Å². The van der Waals surface area contributed by atoms with E-state index in [-0.39, 0.29) is 0 Å². The number of likely N-dealkylation sites (N-methyl/N-ethyl adjacent to an activating group) is 1. The van der Waals surface area contributed by atoms with Crippen molar-refractivity contribution in [2.24, 2.45) is 17.8 Å². The lowest BCUT2D eigenvalue weighted by Gasteiger charge is -2.40. The third-order valence-corrected chi connectivity index (χ3v) is 4.85. The summed E-state index contributed by atoms with van der Waals surface area (Å²) >= 11 is 0. The van der Waals surface area contributed by atoms with Crippen LogP contribution in [0.25, 0.3) is 0 Å². The molecule has 1 N–H and O–H groups in total. The molecule has 0 bridgehead atoms. The summed E-state index contributed by atoms with van der Waals surface area (Å²) in [5.41, 5.74) is 0. The van der Waals surface area contributed by atoms with Crippen molar-refractivity contribution in [1.29, 1.82) is 0 Å². The first-order valence-electron chi connectivity index (χ1n) is 8.49. The number of nitrogens with zero attached hydrogens (tertiary/aromatic N) is 1. The molecule has 3 atom stereocenters. The minimum absolute atomic E-state index is 0.718. The predicted molar refractivity (Wildman–Crippen MR) is 87.1 cm³/mol. The Morgan fingerprint density at radius 1 is 1.30 bits per heavy atom. The van der Waals surface area contributed by atoms with Crippen molar-refractivity contribution in [2.75, 3.05) is 40.4 Å². The molecule has 0 radical (unpaired) electrons. The normalized spacial score (nSPS) is 27.4. The van der Waals surface area contributed by atoms with Gasteiger partial charge >= 0.3 is 0 Å². The largest absolute Gasteiger partial charge is 0.383 e. The Balaban J connectivity index is 2.51. The predicted octanol–water partition coefficient (Wildman–Crippen LogP) is 3.01. The highest BCUT2D eigenvalue weighted by atomic mass is 16.5. The Labute approximate surface area is 126 Å². The molecular weight excluding hydrogens is 248 g/mol. The smallest absolute Gasteiger partial charge is 0.0589 e. The van der Waals surface area contributed by atoms with Gasteiger partial charge in [0, 0.05) is 26.2 Å². The minimum atomic E-state index is 0.718. The van der Waals surface area contributed by atoms with Crippen molar-refractivity contribution in [3.63, 3.8) is 0 Å². The molecule has 1 fully saturated rings. The summed E-state index contributed by atoms with van der Waals surface area (Å²) in [5, 5.41) is 3.78. The zero-order valence-electron chi connectivity index (χ0n) is 14.3. The maximum Gasteiger partial charge on any atom is 0.0589 e. The van der Waals surface area contributed by atoms with Gasteiger partial charge in [-0.3, -0.25) is 0 Å². The Morgan fingerprint density at radius 2 is 2.05 bits per heavy atom. The maximum absolute atomic E-state index is 5.20. The summed E-state index contributed by atoms with van der Waals surface area (Å²) in [5.74, 6) is 2.54. The molecule has 0 aromatic carbocycles. The molecule has 1 rings (SSSR count). The van der Waals surface area contributed by atoms with E-state index >= 15 is 0 Å². The van der Waals surface area contributed by atoms with Crippen molar-refractivity contribution < 1.29 is 4.74 Å². The van der Waals surface area contributed by atoms with Gasteiger partial charge in [0.05, 0.1) is 6.61 Å². The standard InChI is InChI=1S/C17H36N2O/c1-6-9-18-17-8-7-15(14(2)3)12-16(17)13-19(4)10-11-20-5/h14-18H,6-13H2,1-5H3. The zero-order valence-corrected chi connectivity index (χ0v) is 14.3. The van der Waals surface area contributed by atoms with Crippen molar-refractivity contribution in [1.82, 2.24) is 10.2 Å². The summed E-state index contributed by atoms with van der Waals surface area (Å²) in [7, 11) is 4.02. The molecule has 0 aromatic rings. The molecule has 0 aromatic heterocycles. The van der Waals surface area contributed by atoms with Crippen molar-refractivity contribution >= 4 is 0 Å². The SMILES string of the molecule is CCCNC1CCC(C(C)C)CC1CN(C)CCOC. The van der Waals surface area contributed by atoms with E-state index < -0.39 is 0 Å². The lowest BCUT2D eigenvalue weighted by atomic mass is 9.73. The van der Waals surface area contributed by atoms with Crippen molar-refractivity contribution in [3.8, 4) is 0 Å². The van der Waals surface area contributed by atoms with Gasteiger partial charge in [-0.15, -0.1) is 0 Å². The summed E-state index contributed by atoms with van der Waals surface area (Å²) < 4.78 is 5.20. The Bertz CT molecular complexity index is 245. The van der Waals surface area contributed by atoms with Crippen molar-refractivity contribution in [3.05, 3.63) is 0 Å². The lowest BCUT2D eigenvalue weighted by molar-refractivity contribution is 0.111. The minimum Gasteiger partial charge on any atom is -0.383 e. The summed E-state index contributed by atoms with van der Waals surface area (Å²) in [4.78, 5) is 2.44. The third-order valence-electron chi connectivity index (χ3n) is 4.85. The molecule has 1 aliphatic carbocycles. The van der Waals surface area contributed by atoms with E-state index in [1.165, 1.54) is 32.2 Å². The van der Waals surface area contributed by atoms with Crippen LogP contribution in [0.15, 0.2) is 0 Å². The number of ether oxygens (including phenoxy) is 1. The number of nitrogens with one attached hydrogen (secondary N) is 1. The van der Waals surface area contributed by atoms with Crippen LogP contribution in [0.3, 0.4) is 0 Å². The van der Waals surface area contributed by atoms with Gasteiger partial charge in [-0.2, -0.15) is 0 Å². The molecule has 0 aliphatic heterocycles. The van der Waals surface area contributed by atoms with E-state index in [2.05, 4.69) is 38.0 Å². The lowest BCUT2D eigenvalue weighted by Crippen LogP contribution is -2.46. The van der Waals surface area contributed by atoms with Gasteiger partial charge in [0.1, 0.15) is 0 Å². The van der Waals surface area contributed by atoms with E-state index in [9.17, 15) is 0 Å². The van der Waals surface area contributed by atoms with Crippen LogP contribution in [0.2, 0.25) is 0 Å². The van der Waals surface area contributed by atoms with Gasteiger partial charge in [0.25, 0.3) is 0 Å². The van der Waals surface area contributed by atoms with Gasteiger partial charge in [-0.1, -0.05) is 20.8 Å². The Hall–Kier alpha value is -0.120. The second-order valence-electron chi connectivity index (χ2n) is 6.89. The number of methoxy groups -OCH3 is 1. The molecule has 0 spiro atoms. The molecule has 20 heavy (non-hydrogen) atoms. The first kappa shape index (κ1) is 17.9. The van der Waals surface area contributed by atoms with Crippen LogP contribution in [0, 0.1) is 17.8 Å². The average Bonchev–Trinajstić information content (AvgIpc) is 2.43. The fourth-order valence-corrected chi connectivity index (χ4v) is 3.44. The molecule has 3 unspecified atom stereocenters. The van der Waals surface area contributed by atoms with E-state index in [1.807, 2.05) is 0 Å². The van der Waals surface area contributed by atoms with E-state index in [4.69, 9.17) is 4.74 Å². The number of rotatable bonds is 9. The first-order valence-corrected chi connectivity index (χ1v) is 8.49. The molecule has 1 saturated carbocycles. The van der Waals surface area contributed by atoms with Gasteiger partial charge in [-0.25, -0.2) is 0 Å². The van der Waals surface area contributed by atoms with Crippen LogP contribution in [-0.4, -0.2) is 51.3 Å². The van der Waals surface area contributed by atoms with Gasteiger partial charge in [0.15, 0.2) is 0 Å². The van der Waals surface area contributed by atoms with Gasteiger partial charge in [-0.05, 0) is 57.0 Å². The molecule has 1 aliphatic rings. The molecular formula is C17H36N2O. The quantitative estimate of drug-likeness (QED) is 0.704. The summed E-state index contributed by atoms with van der Waals surface area (Å²) in [6, 6.07) is 0.718. The highest BCUT2D eigenvalue weighted by molar-refractivity contribution is 4.87. The molecule has 0 saturated heterocycles.